The second kappa shape index (κ2) is 6.66. The number of aryl methyl sites for hydroxylation is 1. The number of alkyl halides is 3. The van der Waals surface area contributed by atoms with Gasteiger partial charge in [-0.3, -0.25) is 4.79 Å². The van der Waals surface area contributed by atoms with Crippen molar-refractivity contribution < 1.29 is 31.2 Å². The molecule has 3 aromatic rings. The van der Waals surface area contributed by atoms with Gasteiger partial charge in [0.25, 0.3) is 5.89 Å². The van der Waals surface area contributed by atoms with Crippen LogP contribution < -0.4 is 5.32 Å². The van der Waals surface area contributed by atoms with Crippen molar-refractivity contribution in [3.05, 3.63) is 59.4 Å². The number of carbonyl (C=O) groups is 1. The predicted molar refractivity (Wildman–Crippen MR) is 82.7 cm³/mol. The molecule has 3 rings (SSSR count). The highest BCUT2D eigenvalue weighted by Crippen LogP contribution is 2.32. The van der Waals surface area contributed by atoms with Crippen LogP contribution in [-0.4, -0.2) is 10.9 Å². The van der Waals surface area contributed by atoms with E-state index in [9.17, 15) is 22.4 Å². The zero-order chi connectivity index (χ0) is 18.9. The van der Waals surface area contributed by atoms with Crippen LogP contribution in [0.5, 0.6) is 0 Å². The maximum atomic E-state index is 13.7. The van der Waals surface area contributed by atoms with Crippen LogP contribution in [-0.2, 0) is 17.4 Å². The molecule has 0 radical (unpaired) electrons. The molecule has 1 amide bonds. The number of furan rings is 1. The van der Waals surface area contributed by atoms with Crippen molar-refractivity contribution in [3.8, 4) is 11.7 Å². The monoisotopic (exact) mass is 368 g/mol. The van der Waals surface area contributed by atoms with E-state index >= 15 is 0 Å². The van der Waals surface area contributed by atoms with Crippen molar-refractivity contribution in [1.29, 1.82) is 0 Å². The Hall–Kier alpha value is -3.10. The van der Waals surface area contributed by atoms with Gasteiger partial charge in [0, 0.05) is 0 Å². The van der Waals surface area contributed by atoms with Gasteiger partial charge < -0.3 is 14.2 Å². The Morgan fingerprint density at radius 1 is 1.27 bits per heavy atom. The summed E-state index contributed by atoms with van der Waals surface area (Å²) in [7, 11) is 0. The topological polar surface area (TPSA) is 68.3 Å². The Kier molecular flexibility index (Phi) is 4.54. The molecule has 1 aromatic carbocycles. The fourth-order valence-corrected chi connectivity index (χ4v) is 2.24. The third-order valence-electron chi connectivity index (χ3n) is 3.52. The molecule has 0 fully saturated rings. The van der Waals surface area contributed by atoms with E-state index < -0.39 is 29.2 Å². The number of nitrogens with zero attached hydrogens (tertiary/aromatic N) is 1. The van der Waals surface area contributed by atoms with Crippen LogP contribution in [0, 0.1) is 12.7 Å². The number of amides is 1. The number of nitrogens with one attached hydrogen (secondary N) is 1. The number of anilines is 1. The molecule has 5 nitrogen and oxygen atoms in total. The molecule has 0 bridgehead atoms. The fraction of sp³-hybridized carbons (Fsp3) is 0.176. The first-order valence-electron chi connectivity index (χ1n) is 7.41. The van der Waals surface area contributed by atoms with Gasteiger partial charge in [0.05, 0.1) is 29.6 Å². The molecule has 0 unspecified atom stereocenters. The number of benzene rings is 1. The van der Waals surface area contributed by atoms with Gasteiger partial charge in [-0.1, -0.05) is 0 Å². The average molecular weight is 368 g/mol. The molecule has 9 heteroatoms. The highest BCUT2D eigenvalue weighted by atomic mass is 19.4. The van der Waals surface area contributed by atoms with Crippen molar-refractivity contribution in [2.75, 3.05) is 5.32 Å². The van der Waals surface area contributed by atoms with Crippen molar-refractivity contribution in [2.45, 2.75) is 19.5 Å². The summed E-state index contributed by atoms with van der Waals surface area (Å²) < 4.78 is 62.3. The minimum Gasteiger partial charge on any atom is -0.459 e. The molecule has 0 aliphatic carbocycles. The summed E-state index contributed by atoms with van der Waals surface area (Å²) in [4.78, 5) is 16.2. The Morgan fingerprint density at radius 3 is 2.69 bits per heavy atom. The Labute approximate surface area is 144 Å². The van der Waals surface area contributed by atoms with Crippen molar-refractivity contribution in [2.24, 2.45) is 0 Å². The molecule has 26 heavy (non-hydrogen) atoms. The van der Waals surface area contributed by atoms with Crippen LogP contribution in [0.2, 0.25) is 0 Å². The second-order valence-corrected chi connectivity index (χ2v) is 5.42. The molecule has 0 spiro atoms. The molecule has 0 aliphatic rings. The lowest BCUT2D eigenvalue weighted by molar-refractivity contribution is -0.137. The first-order valence-corrected chi connectivity index (χ1v) is 7.41. The number of aromatic nitrogens is 1. The van der Waals surface area contributed by atoms with Crippen LogP contribution >= 0.6 is 0 Å². The SMILES string of the molecule is Cc1oc(-c2ccco2)nc1CC(=O)Nc1cc(C(F)(F)F)ccc1F. The number of oxazole rings is 1. The lowest BCUT2D eigenvalue weighted by atomic mass is 10.1. The maximum Gasteiger partial charge on any atom is 0.416 e. The molecule has 2 heterocycles. The van der Waals surface area contributed by atoms with Crippen molar-refractivity contribution in [1.82, 2.24) is 4.98 Å². The summed E-state index contributed by atoms with van der Waals surface area (Å²) in [5.74, 6) is -0.828. The third-order valence-corrected chi connectivity index (χ3v) is 3.52. The standard InChI is InChI=1S/C17H12F4N2O3/c1-9-12(23-16(26-9)14-3-2-6-25-14)8-15(24)22-13-7-10(17(19,20)21)4-5-11(13)18/h2-7H,8H2,1H3,(H,22,24). The lowest BCUT2D eigenvalue weighted by Gasteiger charge is -2.10. The molecule has 0 aliphatic heterocycles. The molecule has 0 saturated carbocycles. The van der Waals surface area contributed by atoms with E-state index in [-0.39, 0.29) is 18.0 Å². The molecule has 136 valence electrons. The minimum atomic E-state index is -4.65. The van der Waals surface area contributed by atoms with Crippen molar-refractivity contribution >= 4 is 11.6 Å². The van der Waals surface area contributed by atoms with Gasteiger partial charge in [-0.2, -0.15) is 13.2 Å². The van der Waals surface area contributed by atoms with Crippen molar-refractivity contribution in [3.63, 3.8) is 0 Å². The number of rotatable bonds is 4. The molecule has 2 aromatic heterocycles. The Bertz CT molecular complexity index is 930. The Balaban J connectivity index is 1.76. The molecular weight excluding hydrogens is 356 g/mol. The van der Waals surface area contributed by atoms with Crippen LogP contribution in [0.1, 0.15) is 17.0 Å². The fourth-order valence-electron chi connectivity index (χ4n) is 2.24. The van der Waals surface area contributed by atoms with Gasteiger partial charge in [-0.15, -0.1) is 0 Å². The quantitative estimate of drug-likeness (QED) is 0.685. The zero-order valence-electron chi connectivity index (χ0n) is 13.4. The van der Waals surface area contributed by atoms with E-state index in [0.717, 1.165) is 0 Å². The molecule has 0 atom stereocenters. The van der Waals surface area contributed by atoms with Gasteiger partial charge in [0.1, 0.15) is 11.6 Å². The van der Waals surface area contributed by atoms with Crippen LogP contribution in [0.4, 0.5) is 23.2 Å². The molecule has 0 saturated heterocycles. The first kappa shape index (κ1) is 17.7. The van der Waals surface area contributed by atoms with Gasteiger partial charge in [0.2, 0.25) is 5.91 Å². The third kappa shape index (κ3) is 3.76. The van der Waals surface area contributed by atoms with Crippen LogP contribution in [0.15, 0.2) is 45.4 Å². The summed E-state index contributed by atoms with van der Waals surface area (Å²) in [6, 6.07) is 5.04. The maximum absolute atomic E-state index is 13.7. The van der Waals surface area contributed by atoms with E-state index in [1.807, 2.05) is 0 Å². The highest BCUT2D eigenvalue weighted by molar-refractivity contribution is 5.92. The van der Waals surface area contributed by atoms with Gasteiger partial charge in [-0.25, -0.2) is 9.37 Å². The average Bonchev–Trinajstić information content (AvgIpc) is 3.19. The Morgan fingerprint density at radius 2 is 2.04 bits per heavy atom. The number of carbonyl (C=O) groups excluding carboxylic acids is 1. The van der Waals surface area contributed by atoms with E-state index in [0.29, 0.717) is 29.7 Å². The van der Waals surface area contributed by atoms with E-state index in [1.165, 1.54) is 6.26 Å². The first-order chi connectivity index (χ1) is 12.2. The van der Waals surface area contributed by atoms with Gasteiger partial charge in [-0.05, 0) is 37.3 Å². The summed E-state index contributed by atoms with van der Waals surface area (Å²) in [6.45, 7) is 1.58. The van der Waals surface area contributed by atoms with Gasteiger partial charge in [0.15, 0.2) is 5.76 Å². The lowest BCUT2D eigenvalue weighted by Crippen LogP contribution is -2.17. The van der Waals surface area contributed by atoms with Crippen LogP contribution in [0.3, 0.4) is 0 Å². The summed E-state index contributed by atoms with van der Waals surface area (Å²) in [5, 5.41) is 2.12. The van der Waals surface area contributed by atoms with E-state index in [1.54, 1.807) is 19.1 Å². The van der Waals surface area contributed by atoms with Gasteiger partial charge >= 0.3 is 6.18 Å². The molecular formula is C17H12F4N2O3. The number of halogens is 4. The van der Waals surface area contributed by atoms with Crippen LogP contribution in [0.25, 0.3) is 11.7 Å². The molecule has 1 N–H and O–H groups in total. The normalized spacial score (nSPS) is 11.6. The van der Waals surface area contributed by atoms with E-state index in [2.05, 4.69) is 10.3 Å². The summed E-state index contributed by atoms with van der Waals surface area (Å²) >= 11 is 0. The summed E-state index contributed by atoms with van der Waals surface area (Å²) in [6.07, 6.45) is -3.52. The number of hydrogen-bond acceptors (Lipinski definition) is 4. The number of hydrogen-bond donors (Lipinski definition) is 1. The minimum absolute atomic E-state index is 0.167. The predicted octanol–water partition coefficient (Wildman–Crippen LogP) is 4.58. The summed E-state index contributed by atoms with van der Waals surface area (Å²) in [5.41, 5.74) is -1.36. The zero-order valence-corrected chi connectivity index (χ0v) is 13.4. The largest absolute Gasteiger partial charge is 0.459 e. The van der Waals surface area contributed by atoms with E-state index in [4.69, 9.17) is 8.83 Å². The second-order valence-electron chi connectivity index (χ2n) is 5.42. The highest BCUT2D eigenvalue weighted by Gasteiger charge is 2.31. The smallest absolute Gasteiger partial charge is 0.416 e.